The van der Waals surface area contributed by atoms with Crippen molar-refractivity contribution in [3.05, 3.63) is 11.9 Å². The average molecular weight is 157 g/mol. The van der Waals surface area contributed by atoms with E-state index in [9.17, 15) is 0 Å². The molecule has 1 aromatic rings. The lowest BCUT2D eigenvalue weighted by molar-refractivity contribution is 0.701. The Bertz CT molecular complexity index is 197. The quantitative estimate of drug-likeness (QED) is 0.659. The normalized spacial score (nSPS) is 10.2. The van der Waals surface area contributed by atoms with Crippen molar-refractivity contribution in [2.45, 2.75) is 19.2 Å². The summed E-state index contributed by atoms with van der Waals surface area (Å²) in [7, 11) is 0. The van der Waals surface area contributed by atoms with E-state index in [0.717, 1.165) is 18.0 Å². The first-order chi connectivity index (χ1) is 4.86. The predicted molar refractivity (Wildman–Crippen MR) is 42.9 cm³/mol. The fourth-order valence-electron chi connectivity index (χ4n) is 0.696. The van der Waals surface area contributed by atoms with Crippen LogP contribution < -0.4 is 0 Å². The van der Waals surface area contributed by atoms with Crippen LogP contribution in [0.25, 0.3) is 0 Å². The molecule has 0 aliphatic rings. The molecule has 0 atom stereocenters. The molecule has 0 N–H and O–H groups in total. The largest absolute Gasteiger partial charge is 0.242 e. The molecule has 0 fully saturated rings. The lowest BCUT2D eigenvalue weighted by Gasteiger charge is -1.91. The highest BCUT2D eigenvalue weighted by Crippen LogP contribution is 1.99. The third-order valence-corrected chi connectivity index (χ3v) is 1.73. The van der Waals surface area contributed by atoms with Gasteiger partial charge in [0, 0.05) is 6.20 Å². The Morgan fingerprint density at radius 2 is 2.50 bits per heavy atom. The summed E-state index contributed by atoms with van der Waals surface area (Å²) in [6.07, 6.45) is 5.00. The maximum absolute atomic E-state index is 3.95. The third-order valence-electron chi connectivity index (χ3n) is 1.21. The number of thioether (sulfide) groups is 1. The van der Waals surface area contributed by atoms with E-state index < -0.39 is 0 Å². The molecule has 0 bridgehead atoms. The third kappa shape index (κ3) is 1.73. The number of aryl methyl sites for hydroxylation is 1. The van der Waals surface area contributed by atoms with Crippen LogP contribution in [0, 0.1) is 0 Å². The summed E-state index contributed by atoms with van der Waals surface area (Å²) in [4.78, 5) is 0. The Labute approximate surface area is 64.8 Å². The number of hydrogen-bond acceptors (Lipinski definition) is 3. The number of aromatic nitrogens is 3. The average Bonchev–Trinajstić information content (AvgIpc) is 2.37. The number of nitrogens with zero attached hydrogens (tertiary/aromatic N) is 3. The highest BCUT2D eigenvalue weighted by molar-refractivity contribution is 7.97. The van der Waals surface area contributed by atoms with E-state index in [1.807, 2.05) is 17.1 Å². The van der Waals surface area contributed by atoms with Crippen LogP contribution in [-0.2, 0) is 12.3 Å². The molecule has 0 spiro atoms. The molecular formula is C6H11N3S. The van der Waals surface area contributed by atoms with Crippen molar-refractivity contribution in [2.24, 2.45) is 0 Å². The van der Waals surface area contributed by atoms with Gasteiger partial charge in [-0.1, -0.05) is 12.1 Å². The van der Waals surface area contributed by atoms with E-state index in [-0.39, 0.29) is 0 Å². The van der Waals surface area contributed by atoms with Crippen molar-refractivity contribution >= 4 is 11.8 Å². The summed E-state index contributed by atoms with van der Waals surface area (Å²) in [6.45, 7) is 2.08. The van der Waals surface area contributed by atoms with E-state index in [0.29, 0.717) is 0 Å². The van der Waals surface area contributed by atoms with E-state index in [4.69, 9.17) is 0 Å². The van der Waals surface area contributed by atoms with Gasteiger partial charge in [0.05, 0.1) is 11.6 Å². The Balaban J connectivity index is 2.59. The minimum atomic E-state index is 0.896. The summed E-state index contributed by atoms with van der Waals surface area (Å²) >= 11 is 1.74. The van der Waals surface area contributed by atoms with Crippen molar-refractivity contribution in [3.8, 4) is 0 Å². The van der Waals surface area contributed by atoms with Gasteiger partial charge >= 0.3 is 0 Å². The molecule has 0 unspecified atom stereocenters. The summed E-state index contributed by atoms with van der Waals surface area (Å²) in [5.74, 6) is 0.896. The van der Waals surface area contributed by atoms with Gasteiger partial charge in [0.25, 0.3) is 0 Å². The standard InChI is InChI=1S/C6H11N3S/c1-3-6-4-9(5-10-2)8-7-6/h4H,3,5H2,1-2H3. The van der Waals surface area contributed by atoms with Crippen molar-refractivity contribution in [1.29, 1.82) is 0 Å². The Hall–Kier alpha value is -0.510. The second-order valence-electron chi connectivity index (χ2n) is 2.02. The van der Waals surface area contributed by atoms with Crippen LogP contribution in [0.1, 0.15) is 12.6 Å². The second-order valence-corrected chi connectivity index (χ2v) is 2.86. The molecule has 10 heavy (non-hydrogen) atoms. The molecule has 0 amide bonds. The monoisotopic (exact) mass is 157 g/mol. The SMILES string of the molecule is CCc1cn(CSC)nn1. The zero-order valence-electron chi connectivity index (χ0n) is 6.24. The number of rotatable bonds is 3. The second kappa shape index (κ2) is 3.61. The molecule has 1 heterocycles. The van der Waals surface area contributed by atoms with E-state index in [1.165, 1.54) is 0 Å². The molecule has 3 nitrogen and oxygen atoms in total. The highest BCUT2D eigenvalue weighted by Gasteiger charge is 1.94. The molecule has 0 saturated heterocycles. The topological polar surface area (TPSA) is 30.7 Å². The van der Waals surface area contributed by atoms with E-state index >= 15 is 0 Å². The minimum absolute atomic E-state index is 0.896. The van der Waals surface area contributed by atoms with Gasteiger partial charge in [0.15, 0.2) is 0 Å². The van der Waals surface area contributed by atoms with Crippen LogP contribution >= 0.6 is 11.8 Å². The van der Waals surface area contributed by atoms with Crippen LogP contribution in [0.5, 0.6) is 0 Å². The smallest absolute Gasteiger partial charge is 0.0878 e. The van der Waals surface area contributed by atoms with Gasteiger partial charge in [-0.15, -0.1) is 16.9 Å². The van der Waals surface area contributed by atoms with Crippen molar-refractivity contribution in [1.82, 2.24) is 15.0 Å². The van der Waals surface area contributed by atoms with Crippen LogP contribution in [0.4, 0.5) is 0 Å². The fraction of sp³-hybridized carbons (Fsp3) is 0.667. The summed E-state index contributed by atoms with van der Waals surface area (Å²) in [6, 6.07) is 0. The molecule has 0 aliphatic heterocycles. The van der Waals surface area contributed by atoms with E-state index in [2.05, 4.69) is 17.2 Å². The summed E-state index contributed by atoms with van der Waals surface area (Å²) < 4.78 is 1.85. The van der Waals surface area contributed by atoms with Gasteiger partial charge in [-0.25, -0.2) is 4.68 Å². The first kappa shape index (κ1) is 7.60. The van der Waals surface area contributed by atoms with Gasteiger partial charge in [-0.2, -0.15) is 0 Å². The Morgan fingerprint density at radius 3 is 3.00 bits per heavy atom. The first-order valence-electron chi connectivity index (χ1n) is 3.24. The molecule has 1 rings (SSSR count). The van der Waals surface area contributed by atoms with Gasteiger partial charge in [-0.3, -0.25) is 0 Å². The molecule has 0 radical (unpaired) electrons. The van der Waals surface area contributed by atoms with Crippen molar-refractivity contribution in [2.75, 3.05) is 6.26 Å². The molecule has 0 saturated carbocycles. The van der Waals surface area contributed by atoms with Gasteiger partial charge in [0.2, 0.25) is 0 Å². The highest BCUT2D eigenvalue weighted by atomic mass is 32.2. The zero-order chi connectivity index (χ0) is 7.40. The van der Waals surface area contributed by atoms with Crippen LogP contribution in [-0.4, -0.2) is 21.2 Å². The number of hydrogen-bond donors (Lipinski definition) is 0. The zero-order valence-corrected chi connectivity index (χ0v) is 7.06. The van der Waals surface area contributed by atoms with Crippen molar-refractivity contribution in [3.63, 3.8) is 0 Å². The molecule has 0 aromatic carbocycles. The van der Waals surface area contributed by atoms with E-state index in [1.54, 1.807) is 11.8 Å². The van der Waals surface area contributed by atoms with Crippen LogP contribution in [0.2, 0.25) is 0 Å². The van der Waals surface area contributed by atoms with Crippen LogP contribution in [0.3, 0.4) is 0 Å². The molecule has 0 aliphatic carbocycles. The lowest BCUT2D eigenvalue weighted by atomic mass is 10.4. The van der Waals surface area contributed by atoms with Gasteiger partial charge in [0.1, 0.15) is 0 Å². The minimum Gasteiger partial charge on any atom is -0.242 e. The lowest BCUT2D eigenvalue weighted by Crippen LogP contribution is -1.93. The predicted octanol–water partition coefficient (Wildman–Crippen LogP) is 1.16. The fourth-order valence-corrected chi connectivity index (χ4v) is 1.09. The molecular weight excluding hydrogens is 146 g/mol. The molecule has 56 valence electrons. The van der Waals surface area contributed by atoms with Crippen LogP contribution in [0.15, 0.2) is 6.20 Å². The maximum atomic E-state index is 3.95. The summed E-state index contributed by atoms with van der Waals surface area (Å²) in [5, 5.41) is 7.88. The molecule has 1 aromatic heterocycles. The first-order valence-corrected chi connectivity index (χ1v) is 4.64. The summed E-state index contributed by atoms with van der Waals surface area (Å²) in [5.41, 5.74) is 1.06. The van der Waals surface area contributed by atoms with Gasteiger partial charge in [-0.05, 0) is 12.7 Å². The Kier molecular flexibility index (Phi) is 2.74. The van der Waals surface area contributed by atoms with Gasteiger partial charge < -0.3 is 0 Å². The Morgan fingerprint density at radius 1 is 1.70 bits per heavy atom. The molecule has 4 heteroatoms. The maximum Gasteiger partial charge on any atom is 0.0878 e. The van der Waals surface area contributed by atoms with Crippen molar-refractivity contribution < 1.29 is 0 Å².